The van der Waals surface area contributed by atoms with Crippen LogP contribution < -0.4 is 18.9 Å². The summed E-state index contributed by atoms with van der Waals surface area (Å²) in [6.07, 6.45) is 0. The Kier molecular flexibility index (Phi) is 6.03. The number of hydrogen-bond acceptors (Lipinski definition) is 10. The fourth-order valence-corrected chi connectivity index (χ4v) is 5.00. The molecule has 2 aromatic heterocycles. The maximum Gasteiger partial charge on any atom is 0.321 e. The zero-order valence-corrected chi connectivity index (χ0v) is 18.5. The molecule has 0 bridgehead atoms. The number of hydrogen-bond donors (Lipinski definition) is 2. The third-order valence-electron chi connectivity index (χ3n) is 3.97. The van der Waals surface area contributed by atoms with E-state index >= 15 is 0 Å². The number of nitrogens with one attached hydrogen (secondary N) is 2. The lowest BCUT2D eigenvalue weighted by molar-refractivity contribution is 0.353. The molecule has 0 unspecified atom stereocenters. The number of aryl methyl sites for hydroxylation is 2. The van der Waals surface area contributed by atoms with E-state index in [2.05, 4.69) is 24.6 Å². The topological polar surface area (TPSA) is 163 Å². The first-order chi connectivity index (χ1) is 14.6. The Hall–Kier alpha value is -3.39. The Labute approximate surface area is 178 Å². The highest BCUT2D eigenvalue weighted by Gasteiger charge is 2.24. The molecule has 166 valence electrons. The Morgan fingerprint density at radius 1 is 0.903 bits per heavy atom. The third-order valence-corrected chi connectivity index (χ3v) is 6.96. The average Bonchev–Trinajstić information content (AvgIpc) is 3.06. The molecule has 0 aliphatic carbocycles. The molecule has 0 saturated carbocycles. The number of anilines is 2. The second-order valence-electron chi connectivity index (χ2n) is 6.17. The zero-order valence-electron chi connectivity index (χ0n) is 16.9. The van der Waals surface area contributed by atoms with Gasteiger partial charge >= 0.3 is 6.01 Å². The second-order valence-corrected chi connectivity index (χ2v) is 9.47. The standard InChI is InChI=1S/C17H19N5O7S2/c1-10-16(11(2)29-20-10)31(25,26)21-12-5-7-13(8-6-12)30(23,24)22-14-9-15(27-3)19-17(18-14)28-4/h5-9,21H,1-4H3,(H,18,19,22). The van der Waals surface area contributed by atoms with E-state index in [1.165, 1.54) is 58.4 Å². The number of ether oxygens (including phenoxy) is 2. The first-order valence-corrected chi connectivity index (χ1v) is 11.6. The first-order valence-electron chi connectivity index (χ1n) is 8.61. The minimum atomic E-state index is -4.03. The monoisotopic (exact) mass is 469 g/mol. The number of rotatable bonds is 8. The van der Waals surface area contributed by atoms with Crippen LogP contribution in [0.25, 0.3) is 0 Å². The Morgan fingerprint density at radius 3 is 2.13 bits per heavy atom. The molecule has 31 heavy (non-hydrogen) atoms. The van der Waals surface area contributed by atoms with Gasteiger partial charge in [0.25, 0.3) is 20.0 Å². The molecule has 0 aliphatic rings. The molecule has 3 aromatic rings. The molecule has 0 fully saturated rings. The molecular formula is C17H19N5O7S2. The van der Waals surface area contributed by atoms with Gasteiger partial charge in [0.05, 0.1) is 19.1 Å². The molecule has 3 rings (SSSR count). The molecule has 0 aliphatic heterocycles. The normalized spacial score (nSPS) is 11.7. The van der Waals surface area contributed by atoms with Crippen molar-refractivity contribution in [2.45, 2.75) is 23.6 Å². The van der Waals surface area contributed by atoms with E-state index in [1.807, 2.05) is 0 Å². The minimum absolute atomic E-state index is 0.0631. The van der Waals surface area contributed by atoms with Crippen LogP contribution in [-0.4, -0.2) is 46.2 Å². The summed E-state index contributed by atoms with van der Waals surface area (Å²) < 4.78 is 69.9. The summed E-state index contributed by atoms with van der Waals surface area (Å²) in [7, 11) is -5.30. The van der Waals surface area contributed by atoms with Gasteiger partial charge in [0.15, 0.2) is 16.5 Å². The van der Waals surface area contributed by atoms with Gasteiger partial charge in [-0.1, -0.05) is 5.16 Å². The SMILES string of the molecule is COc1cc(NS(=O)(=O)c2ccc(NS(=O)(=O)c3c(C)noc3C)cc2)nc(OC)n1. The van der Waals surface area contributed by atoms with Crippen molar-refractivity contribution < 1.29 is 30.8 Å². The third kappa shape index (κ3) is 4.86. The van der Waals surface area contributed by atoms with Crippen molar-refractivity contribution in [1.82, 2.24) is 15.1 Å². The van der Waals surface area contributed by atoms with Gasteiger partial charge in [-0.15, -0.1) is 0 Å². The molecule has 2 heterocycles. The van der Waals surface area contributed by atoms with Gasteiger partial charge in [0.2, 0.25) is 5.88 Å². The van der Waals surface area contributed by atoms with E-state index in [9.17, 15) is 16.8 Å². The Morgan fingerprint density at radius 2 is 1.58 bits per heavy atom. The van der Waals surface area contributed by atoms with Crippen LogP contribution in [0.5, 0.6) is 11.9 Å². The molecule has 12 nitrogen and oxygen atoms in total. The molecule has 0 saturated heterocycles. The van der Waals surface area contributed by atoms with Crippen molar-refractivity contribution in [2.75, 3.05) is 23.7 Å². The highest BCUT2D eigenvalue weighted by Crippen LogP contribution is 2.24. The highest BCUT2D eigenvalue weighted by atomic mass is 32.2. The maximum absolute atomic E-state index is 12.7. The summed E-state index contributed by atoms with van der Waals surface area (Å²) in [4.78, 5) is 7.60. The number of benzene rings is 1. The smallest absolute Gasteiger partial charge is 0.321 e. The summed E-state index contributed by atoms with van der Waals surface area (Å²) in [6.45, 7) is 2.98. The summed E-state index contributed by atoms with van der Waals surface area (Å²) >= 11 is 0. The van der Waals surface area contributed by atoms with Crippen LogP contribution in [0.4, 0.5) is 11.5 Å². The van der Waals surface area contributed by atoms with Crippen LogP contribution >= 0.6 is 0 Å². The second kappa shape index (κ2) is 8.39. The van der Waals surface area contributed by atoms with Crippen LogP contribution in [0.2, 0.25) is 0 Å². The molecule has 2 N–H and O–H groups in total. The molecule has 0 spiro atoms. The van der Waals surface area contributed by atoms with Crippen LogP contribution in [0.15, 0.2) is 44.6 Å². The summed E-state index contributed by atoms with van der Waals surface area (Å²) in [5.41, 5.74) is 0.369. The first kappa shape index (κ1) is 22.3. The van der Waals surface area contributed by atoms with Crippen LogP contribution in [0.3, 0.4) is 0 Å². The van der Waals surface area contributed by atoms with Crippen molar-refractivity contribution in [3.05, 3.63) is 41.8 Å². The van der Waals surface area contributed by atoms with Crippen molar-refractivity contribution in [3.63, 3.8) is 0 Å². The lowest BCUT2D eigenvalue weighted by Crippen LogP contribution is -2.16. The minimum Gasteiger partial charge on any atom is -0.481 e. The van der Waals surface area contributed by atoms with Crippen LogP contribution in [0, 0.1) is 13.8 Å². The van der Waals surface area contributed by atoms with E-state index in [-0.39, 0.29) is 44.6 Å². The van der Waals surface area contributed by atoms with E-state index in [4.69, 9.17) is 14.0 Å². The molecule has 0 atom stereocenters. The van der Waals surface area contributed by atoms with Crippen molar-refractivity contribution in [2.24, 2.45) is 0 Å². The van der Waals surface area contributed by atoms with Crippen molar-refractivity contribution in [3.8, 4) is 11.9 Å². The predicted molar refractivity (Wildman–Crippen MR) is 109 cm³/mol. The van der Waals surface area contributed by atoms with Gasteiger partial charge < -0.3 is 14.0 Å². The lowest BCUT2D eigenvalue weighted by Gasteiger charge is -2.11. The van der Waals surface area contributed by atoms with Crippen molar-refractivity contribution >= 4 is 31.6 Å². The average molecular weight is 470 g/mol. The zero-order chi connectivity index (χ0) is 22.8. The summed E-state index contributed by atoms with van der Waals surface area (Å²) in [5.74, 6) is 0.185. The van der Waals surface area contributed by atoms with Gasteiger partial charge in [-0.3, -0.25) is 9.44 Å². The molecule has 0 amide bonds. The van der Waals surface area contributed by atoms with E-state index in [1.54, 1.807) is 0 Å². The van der Waals surface area contributed by atoms with Gasteiger partial charge in [-0.05, 0) is 38.1 Å². The fraction of sp³-hybridized carbons (Fsp3) is 0.235. The van der Waals surface area contributed by atoms with Crippen molar-refractivity contribution in [1.29, 1.82) is 0 Å². The van der Waals surface area contributed by atoms with Crippen LogP contribution in [-0.2, 0) is 20.0 Å². The fourth-order valence-electron chi connectivity index (χ4n) is 2.62. The molecular weight excluding hydrogens is 450 g/mol. The van der Waals surface area contributed by atoms with E-state index in [0.29, 0.717) is 0 Å². The highest BCUT2D eigenvalue weighted by molar-refractivity contribution is 7.93. The largest absolute Gasteiger partial charge is 0.481 e. The van der Waals surface area contributed by atoms with E-state index < -0.39 is 20.0 Å². The maximum atomic E-state index is 12.7. The molecule has 14 heteroatoms. The number of nitrogens with zero attached hydrogens (tertiary/aromatic N) is 3. The van der Waals surface area contributed by atoms with Gasteiger partial charge in [-0.25, -0.2) is 16.8 Å². The molecule has 0 radical (unpaired) electrons. The lowest BCUT2D eigenvalue weighted by atomic mass is 10.3. The quantitative estimate of drug-likeness (QED) is 0.496. The number of aromatic nitrogens is 3. The number of methoxy groups -OCH3 is 2. The Balaban J connectivity index is 1.82. The van der Waals surface area contributed by atoms with Crippen LogP contribution in [0.1, 0.15) is 11.5 Å². The molecule has 1 aromatic carbocycles. The predicted octanol–water partition coefficient (Wildman–Crippen LogP) is 1.70. The number of sulfonamides is 2. The van der Waals surface area contributed by atoms with E-state index in [0.717, 1.165) is 0 Å². The van der Waals surface area contributed by atoms with Gasteiger partial charge in [0, 0.05) is 11.8 Å². The van der Waals surface area contributed by atoms with Gasteiger partial charge in [-0.2, -0.15) is 9.97 Å². The Bertz CT molecular complexity index is 1260. The summed E-state index contributed by atoms with van der Waals surface area (Å²) in [5, 5.41) is 3.63. The summed E-state index contributed by atoms with van der Waals surface area (Å²) in [6, 6.07) is 6.30. The van der Waals surface area contributed by atoms with Gasteiger partial charge in [0.1, 0.15) is 5.69 Å².